The summed E-state index contributed by atoms with van der Waals surface area (Å²) in [7, 11) is 0. The predicted octanol–water partition coefficient (Wildman–Crippen LogP) is 2.04. The average molecular weight is 282 g/mol. The fourth-order valence-electron chi connectivity index (χ4n) is 4.12. The Hall–Kier alpha value is -0.160. The zero-order chi connectivity index (χ0) is 14.0. The van der Waals surface area contributed by atoms with Gasteiger partial charge in [0, 0.05) is 18.6 Å². The Kier molecular flexibility index (Phi) is 4.65. The quantitative estimate of drug-likeness (QED) is 0.828. The van der Waals surface area contributed by atoms with Gasteiger partial charge in [0.1, 0.15) is 0 Å². The predicted molar refractivity (Wildman–Crippen MR) is 79.7 cm³/mol. The molecule has 2 saturated heterocycles. The van der Waals surface area contributed by atoms with Gasteiger partial charge in [0.25, 0.3) is 0 Å². The maximum atomic E-state index is 5.90. The van der Waals surface area contributed by atoms with Crippen molar-refractivity contribution in [3.63, 3.8) is 0 Å². The fraction of sp³-hybridized carbons (Fsp3) is 1.00. The first-order valence-corrected chi connectivity index (χ1v) is 8.42. The van der Waals surface area contributed by atoms with Crippen LogP contribution in [0, 0.1) is 5.92 Å². The van der Waals surface area contributed by atoms with E-state index in [1.807, 2.05) is 13.8 Å². The molecular weight excluding hydrogens is 252 g/mol. The highest BCUT2D eigenvalue weighted by molar-refractivity contribution is 4.92. The highest BCUT2D eigenvalue weighted by Gasteiger charge is 2.36. The van der Waals surface area contributed by atoms with Crippen LogP contribution in [0.25, 0.3) is 0 Å². The zero-order valence-corrected chi connectivity index (χ0v) is 13.0. The molecular formula is C16H30N2O2. The Morgan fingerprint density at radius 1 is 1.15 bits per heavy atom. The first-order chi connectivity index (χ1) is 9.64. The Bertz CT molecular complexity index is 316. The molecule has 2 aliphatic heterocycles. The first kappa shape index (κ1) is 14.8. The molecule has 20 heavy (non-hydrogen) atoms. The zero-order valence-electron chi connectivity index (χ0n) is 13.0. The van der Waals surface area contributed by atoms with E-state index in [0.717, 1.165) is 25.1 Å². The third-order valence-corrected chi connectivity index (χ3v) is 5.11. The molecule has 0 aromatic heterocycles. The summed E-state index contributed by atoms with van der Waals surface area (Å²) < 4.78 is 11.5. The molecule has 2 N–H and O–H groups in total. The van der Waals surface area contributed by atoms with Crippen LogP contribution in [0.5, 0.6) is 0 Å². The number of ether oxygens (including phenoxy) is 2. The van der Waals surface area contributed by atoms with Crippen LogP contribution in [-0.4, -0.2) is 43.7 Å². The van der Waals surface area contributed by atoms with Crippen molar-refractivity contribution in [3.8, 4) is 0 Å². The van der Waals surface area contributed by atoms with Crippen LogP contribution < -0.4 is 10.6 Å². The number of hydrogen-bond donors (Lipinski definition) is 2. The maximum Gasteiger partial charge on any atom is 0.163 e. The third kappa shape index (κ3) is 3.53. The molecule has 4 heteroatoms. The van der Waals surface area contributed by atoms with E-state index in [2.05, 4.69) is 10.6 Å². The van der Waals surface area contributed by atoms with Gasteiger partial charge in [-0.15, -0.1) is 0 Å². The summed E-state index contributed by atoms with van der Waals surface area (Å²) in [4.78, 5) is 0. The Labute approximate surface area is 123 Å². The van der Waals surface area contributed by atoms with Gasteiger partial charge in [-0.25, -0.2) is 0 Å². The van der Waals surface area contributed by atoms with E-state index in [9.17, 15) is 0 Å². The lowest BCUT2D eigenvalue weighted by molar-refractivity contribution is -0.138. The molecule has 1 saturated carbocycles. The van der Waals surface area contributed by atoms with Gasteiger partial charge in [-0.1, -0.05) is 12.8 Å². The van der Waals surface area contributed by atoms with Crippen molar-refractivity contribution in [2.45, 2.75) is 76.3 Å². The highest BCUT2D eigenvalue weighted by atomic mass is 16.7. The van der Waals surface area contributed by atoms with Crippen LogP contribution >= 0.6 is 0 Å². The molecule has 3 fully saturated rings. The van der Waals surface area contributed by atoms with Gasteiger partial charge >= 0.3 is 0 Å². The van der Waals surface area contributed by atoms with Gasteiger partial charge < -0.3 is 20.1 Å². The second-order valence-electron chi connectivity index (χ2n) is 7.12. The minimum atomic E-state index is -0.397. The Balaban J connectivity index is 1.49. The topological polar surface area (TPSA) is 42.5 Å². The number of rotatable bonds is 4. The molecule has 1 aliphatic carbocycles. The lowest BCUT2D eigenvalue weighted by Crippen LogP contribution is -2.49. The second kappa shape index (κ2) is 6.30. The third-order valence-electron chi connectivity index (χ3n) is 5.11. The fourth-order valence-corrected chi connectivity index (χ4v) is 4.12. The lowest BCUT2D eigenvalue weighted by atomic mass is 9.79. The molecule has 3 aliphatic rings. The average Bonchev–Trinajstić information content (AvgIpc) is 3.06. The van der Waals surface area contributed by atoms with Gasteiger partial charge in [0.2, 0.25) is 0 Å². The van der Waals surface area contributed by atoms with Gasteiger partial charge in [0.15, 0.2) is 5.79 Å². The summed E-state index contributed by atoms with van der Waals surface area (Å²) in [6, 6.07) is 1.40. The van der Waals surface area contributed by atoms with Crippen LogP contribution in [0.15, 0.2) is 0 Å². The molecule has 0 amide bonds. The second-order valence-corrected chi connectivity index (χ2v) is 7.12. The first-order valence-electron chi connectivity index (χ1n) is 8.42. The molecule has 0 spiro atoms. The molecule has 0 radical (unpaired) electrons. The van der Waals surface area contributed by atoms with Crippen molar-refractivity contribution in [1.82, 2.24) is 10.6 Å². The number of hydrogen-bond acceptors (Lipinski definition) is 4. The van der Waals surface area contributed by atoms with Crippen molar-refractivity contribution in [3.05, 3.63) is 0 Å². The summed E-state index contributed by atoms with van der Waals surface area (Å²) >= 11 is 0. The van der Waals surface area contributed by atoms with Crippen molar-refractivity contribution in [2.24, 2.45) is 5.92 Å². The molecule has 0 bridgehead atoms. The van der Waals surface area contributed by atoms with Crippen LogP contribution in [0.3, 0.4) is 0 Å². The summed E-state index contributed by atoms with van der Waals surface area (Å²) in [6.45, 7) is 6.86. The van der Waals surface area contributed by atoms with Crippen LogP contribution in [0.1, 0.15) is 52.4 Å². The van der Waals surface area contributed by atoms with E-state index in [1.54, 1.807) is 0 Å². The van der Waals surface area contributed by atoms with Crippen molar-refractivity contribution >= 4 is 0 Å². The smallest absolute Gasteiger partial charge is 0.163 e. The van der Waals surface area contributed by atoms with E-state index in [4.69, 9.17) is 9.47 Å². The number of nitrogens with one attached hydrogen (secondary N) is 2. The van der Waals surface area contributed by atoms with Gasteiger partial charge in [-0.3, -0.25) is 0 Å². The standard InChI is InChI=1S/C16H30N2O2/c1-16(2)19-11-12(20-16)10-18-15-7-4-3-6-13(15)14-8-5-9-17-14/h12-15,17-18H,3-11H2,1-2H3. The normalized spacial score (nSPS) is 41.1. The molecule has 0 aromatic rings. The van der Waals surface area contributed by atoms with Crippen molar-refractivity contribution in [2.75, 3.05) is 19.7 Å². The molecule has 2 heterocycles. The van der Waals surface area contributed by atoms with Crippen molar-refractivity contribution < 1.29 is 9.47 Å². The minimum Gasteiger partial charge on any atom is -0.348 e. The highest BCUT2D eigenvalue weighted by Crippen LogP contribution is 2.31. The SMILES string of the molecule is CC1(C)OCC(CNC2CCCCC2C2CCCN2)O1. The van der Waals surface area contributed by atoms with Crippen molar-refractivity contribution in [1.29, 1.82) is 0 Å². The molecule has 116 valence electrons. The monoisotopic (exact) mass is 282 g/mol. The summed E-state index contributed by atoms with van der Waals surface area (Å²) in [6.07, 6.45) is 8.39. The summed E-state index contributed by atoms with van der Waals surface area (Å²) in [5, 5.41) is 7.48. The van der Waals surface area contributed by atoms with Gasteiger partial charge in [0.05, 0.1) is 12.7 Å². The van der Waals surface area contributed by atoms with Gasteiger partial charge in [-0.2, -0.15) is 0 Å². The molecule has 4 atom stereocenters. The van der Waals surface area contributed by atoms with Crippen LogP contribution in [0.2, 0.25) is 0 Å². The van der Waals surface area contributed by atoms with Crippen LogP contribution in [0.4, 0.5) is 0 Å². The Morgan fingerprint density at radius 2 is 2.00 bits per heavy atom. The molecule has 4 unspecified atom stereocenters. The largest absolute Gasteiger partial charge is 0.348 e. The van der Waals surface area contributed by atoms with Gasteiger partial charge in [-0.05, 0) is 52.0 Å². The van der Waals surface area contributed by atoms with E-state index >= 15 is 0 Å². The van der Waals surface area contributed by atoms with E-state index in [-0.39, 0.29) is 6.10 Å². The Morgan fingerprint density at radius 3 is 2.70 bits per heavy atom. The molecule has 4 nitrogen and oxygen atoms in total. The molecule has 3 rings (SSSR count). The minimum absolute atomic E-state index is 0.212. The van der Waals surface area contributed by atoms with E-state index in [0.29, 0.717) is 6.04 Å². The van der Waals surface area contributed by atoms with E-state index in [1.165, 1.54) is 45.1 Å². The lowest BCUT2D eigenvalue weighted by Gasteiger charge is -2.36. The maximum absolute atomic E-state index is 5.90. The summed E-state index contributed by atoms with van der Waals surface area (Å²) in [5.74, 6) is 0.410. The summed E-state index contributed by atoms with van der Waals surface area (Å²) in [5.41, 5.74) is 0. The van der Waals surface area contributed by atoms with E-state index < -0.39 is 5.79 Å². The molecule has 0 aromatic carbocycles. The van der Waals surface area contributed by atoms with Crippen LogP contribution in [-0.2, 0) is 9.47 Å².